The summed E-state index contributed by atoms with van der Waals surface area (Å²) in [6.45, 7) is 6.09. The van der Waals surface area contributed by atoms with Crippen molar-refractivity contribution in [3.63, 3.8) is 0 Å². The molecule has 170 valence electrons. The first-order valence-electron chi connectivity index (χ1n) is 9.36. The first-order valence-corrected chi connectivity index (χ1v) is 11.3. The van der Waals surface area contributed by atoms with E-state index in [1.165, 1.54) is 4.90 Å². The summed E-state index contributed by atoms with van der Waals surface area (Å²) in [6, 6.07) is -1.62. The molecule has 0 spiro atoms. The maximum Gasteiger partial charge on any atom is 0.408 e. The molecule has 1 rings (SSSR count). The summed E-state index contributed by atoms with van der Waals surface area (Å²) < 4.78 is 24.0. The number of nitrogens with two attached hydrogens (primary N) is 2. The lowest BCUT2D eigenvalue weighted by Crippen LogP contribution is -2.52. The van der Waals surface area contributed by atoms with E-state index in [2.05, 4.69) is 10.5 Å². The van der Waals surface area contributed by atoms with Gasteiger partial charge in [0.05, 0.1) is 6.26 Å². The van der Waals surface area contributed by atoms with Crippen molar-refractivity contribution in [2.45, 2.75) is 70.6 Å². The number of alkyl carbamates (subject to hydrolysis) is 1. The Labute approximate surface area is 172 Å². The number of hydrogen-bond acceptors (Lipinski definition) is 7. The Morgan fingerprint density at radius 2 is 1.83 bits per heavy atom. The number of hydrogen-bond donors (Lipinski definition) is 4. The second kappa shape index (κ2) is 11.9. The average Bonchev–Trinajstić information content (AvgIpc) is 2.99. The van der Waals surface area contributed by atoms with E-state index in [9.17, 15) is 27.9 Å². The predicted octanol–water partition coefficient (Wildman–Crippen LogP) is -0.0110. The minimum Gasteiger partial charge on any atom is -0.480 e. The fraction of sp³-hybridized carbons (Fsp3) is 0.824. The topological polar surface area (TPSA) is 182 Å². The van der Waals surface area contributed by atoms with Gasteiger partial charge in [-0.05, 0) is 59.4 Å². The summed E-state index contributed by atoms with van der Waals surface area (Å²) in [4.78, 5) is 37.3. The molecule has 29 heavy (non-hydrogen) atoms. The monoisotopic (exact) mass is 438 g/mol. The SMILES string of the molecule is CC(C)(C)OC(=O)N[C@@H](CCCCN)C(=O)N1CCC[C@H]1C(=O)O.CS(N)(=O)=O. The fourth-order valence-electron chi connectivity index (χ4n) is 2.69. The molecule has 0 radical (unpaired) electrons. The van der Waals surface area contributed by atoms with E-state index >= 15 is 0 Å². The molecule has 1 fully saturated rings. The largest absolute Gasteiger partial charge is 0.480 e. The van der Waals surface area contributed by atoms with Crippen LogP contribution in [0.3, 0.4) is 0 Å². The molecule has 12 heteroatoms. The third-order valence-electron chi connectivity index (χ3n) is 3.76. The summed E-state index contributed by atoms with van der Waals surface area (Å²) in [5.41, 5.74) is 4.80. The van der Waals surface area contributed by atoms with Gasteiger partial charge < -0.3 is 25.8 Å². The van der Waals surface area contributed by atoms with Crippen LogP contribution in [0.5, 0.6) is 0 Å². The molecule has 0 bridgehead atoms. The highest BCUT2D eigenvalue weighted by Gasteiger charge is 2.37. The molecule has 1 saturated heterocycles. The van der Waals surface area contributed by atoms with Crippen molar-refractivity contribution in [1.82, 2.24) is 10.2 Å². The van der Waals surface area contributed by atoms with E-state index in [4.69, 9.17) is 10.5 Å². The number of rotatable bonds is 7. The Bertz CT molecular complexity index is 653. The molecule has 0 aromatic rings. The molecular formula is C17H34N4O7S. The molecule has 1 aliphatic rings. The van der Waals surface area contributed by atoms with Gasteiger partial charge in [0.2, 0.25) is 15.9 Å². The van der Waals surface area contributed by atoms with Gasteiger partial charge in [-0.1, -0.05) is 0 Å². The minimum atomic E-state index is -3.17. The van der Waals surface area contributed by atoms with Crippen molar-refractivity contribution in [2.24, 2.45) is 10.9 Å². The lowest BCUT2D eigenvalue weighted by atomic mass is 10.1. The second-order valence-electron chi connectivity index (χ2n) is 7.84. The van der Waals surface area contributed by atoms with Crippen LogP contribution in [-0.4, -0.2) is 73.4 Å². The number of nitrogens with zero attached hydrogens (tertiary/aromatic N) is 1. The molecule has 1 heterocycles. The van der Waals surface area contributed by atoms with Crippen LogP contribution >= 0.6 is 0 Å². The smallest absolute Gasteiger partial charge is 0.408 e. The number of carbonyl (C=O) groups excluding carboxylic acids is 2. The molecule has 0 aromatic heterocycles. The van der Waals surface area contributed by atoms with Crippen molar-refractivity contribution < 1.29 is 32.6 Å². The minimum absolute atomic E-state index is 0.372. The maximum atomic E-state index is 12.7. The van der Waals surface area contributed by atoms with E-state index in [0.717, 1.165) is 12.7 Å². The number of unbranched alkanes of at least 4 members (excludes halogenated alkanes) is 1. The Balaban J connectivity index is 0.00000139. The van der Waals surface area contributed by atoms with Crippen molar-refractivity contribution in [3.8, 4) is 0 Å². The number of carboxylic acids is 1. The zero-order chi connectivity index (χ0) is 22.8. The molecule has 0 saturated carbocycles. The van der Waals surface area contributed by atoms with Gasteiger partial charge in [-0.3, -0.25) is 4.79 Å². The van der Waals surface area contributed by atoms with Gasteiger partial charge >= 0.3 is 12.1 Å². The highest BCUT2D eigenvalue weighted by molar-refractivity contribution is 7.88. The summed E-state index contributed by atoms with van der Waals surface area (Å²) in [7, 11) is -3.17. The van der Waals surface area contributed by atoms with Crippen LogP contribution in [0.15, 0.2) is 0 Å². The third-order valence-corrected chi connectivity index (χ3v) is 3.76. The van der Waals surface area contributed by atoms with Crippen LogP contribution in [-0.2, 0) is 24.3 Å². The van der Waals surface area contributed by atoms with E-state index in [1.807, 2.05) is 0 Å². The number of aliphatic carboxylic acids is 1. The number of likely N-dealkylation sites (tertiary alicyclic amines) is 1. The van der Waals surface area contributed by atoms with Gasteiger partial charge in [0.1, 0.15) is 17.7 Å². The highest BCUT2D eigenvalue weighted by atomic mass is 32.2. The summed E-state index contributed by atoms with van der Waals surface area (Å²) in [6.07, 6.45) is 3.12. The van der Waals surface area contributed by atoms with Crippen molar-refractivity contribution in [1.29, 1.82) is 0 Å². The van der Waals surface area contributed by atoms with Crippen LogP contribution in [0.2, 0.25) is 0 Å². The number of carboxylic acid groups (broad SMARTS) is 1. The second-order valence-corrected chi connectivity index (χ2v) is 9.50. The van der Waals surface area contributed by atoms with Gasteiger partial charge in [-0.2, -0.15) is 0 Å². The Kier molecular flexibility index (Phi) is 11.1. The van der Waals surface area contributed by atoms with E-state index in [1.54, 1.807) is 20.8 Å². The standard InChI is InChI=1S/C16H29N3O5.CH5NO2S/c1-16(2,3)24-15(23)18-11(7-4-5-9-17)13(20)19-10-6-8-12(19)14(21)22;1-5(2,3)4/h11-12H,4-10,17H2,1-3H3,(H,18,23)(H,21,22);1H3,(H2,2,3,4)/t11-,12-;/m0./s1. The normalized spacial score (nSPS) is 17.7. The number of carbonyl (C=O) groups is 3. The molecule has 11 nitrogen and oxygen atoms in total. The van der Waals surface area contributed by atoms with Crippen LogP contribution in [0, 0.1) is 0 Å². The maximum absolute atomic E-state index is 12.7. The van der Waals surface area contributed by atoms with Crippen molar-refractivity contribution >= 4 is 28.0 Å². The highest BCUT2D eigenvalue weighted by Crippen LogP contribution is 2.20. The number of sulfonamides is 1. The quantitative estimate of drug-likeness (QED) is 0.400. The number of ether oxygens (including phenoxy) is 1. The zero-order valence-corrected chi connectivity index (χ0v) is 18.3. The first-order chi connectivity index (χ1) is 13.2. The molecule has 0 unspecified atom stereocenters. The van der Waals surface area contributed by atoms with Gasteiger partial charge in [0.25, 0.3) is 0 Å². The number of nitrogens with one attached hydrogen (secondary N) is 1. The third kappa shape index (κ3) is 13.0. The number of amides is 2. The molecular weight excluding hydrogens is 404 g/mol. The van der Waals surface area contributed by atoms with E-state index in [0.29, 0.717) is 38.8 Å². The Morgan fingerprint density at radius 1 is 1.28 bits per heavy atom. The van der Waals surface area contributed by atoms with Crippen LogP contribution < -0.4 is 16.2 Å². The van der Waals surface area contributed by atoms with E-state index < -0.39 is 39.8 Å². The van der Waals surface area contributed by atoms with Crippen molar-refractivity contribution in [3.05, 3.63) is 0 Å². The summed E-state index contributed by atoms with van der Waals surface area (Å²) in [5.74, 6) is -1.39. The fourth-order valence-corrected chi connectivity index (χ4v) is 2.69. The lowest BCUT2D eigenvalue weighted by Gasteiger charge is -2.28. The van der Waals surface area contributed by atoms with Gasteiger partial charge in [0, 0.05) is 6.54 Å². The van der Waals surface area contributed by atoms with Gasteiger partial charge in [-0.15, -0.1) is 0 Å². The molecule has 6 N–H and O–H groups in total. The Hall–Kier alpha value is -1.92. The van der Waals surface area contributed by atoms with Crippen LogP contribution in [0.25, 0.3) is 0 Å². The van der Waals surface area contributed by atoms with E-state index in [-0.39, 0.29) is 5.91 Å². The molecule has 2 amide bonds. The molecule has 0 aromatic carbocycles. The molecule has 2 atom stereocenters. The lowest BCUT2D eigenvalue weighted by molar-refractivity contribution is -0.149. The summed E-state index contributed by atoms with van der Waals surface area (Å²) >= 11 is 0. The Morgan fingerprint density at radius 3 is 2.28 bits per heavy atom. The van der Waals surface area contributed by atoms with Crippen LogP contribution in [0.1, 0.15) is 52.9 Å². The number of primary sulfonamides is 1. The van der Waals surface area contributed by atoms with Gasteiger partial charge in [-0.25, -0.2) is 23.1 Å². The van der Waals surface area contributed by atoms with Crippen molar-refractivity contribution in [2.75, 3.05) is 19.3 Å². The zero-order valence-electron chi connectivity index (χ0n) is 17.5. The van der Waals surface area contributed by atoms with Gasteiger partial charge in [0.15, 0.2) is 0 Å². The van der Waals surface area contributed by atoms with Crippen LogP contribution in [0.4, 0.5) is 4.79 Å². The molecule has 1 aliphatic heterocycles. The average molecular weight is 439 g/mol. The first kappa shape index (κ1) is 27.1. The molecule has 0 aliphatic carbocycles. The summed E-state index contributed by atoms with van der Waals surface area (Å²) in [5, 5.41) is 16.1. The predicted molar refractivity (Wildman–Crippen MR) is 107 cm³/mol.